The molecule has 2 amide bonds. The van der Waals surface area contributed by atoms with Crippen LogP contribution < -0.4 is 10.6 Å². The Bertz CT molecular complexity index is 553. The predicted molar refractivity (Wildman–Crippen MR) is 76.4 cm³/mol. The molecule has 1 saturated carbocycles. The zero-order valence-electron chi connectivity index (χ0n) is 11.2. The van der Waals surface area contributed by atoms with Crippen molar-refractivity contribution in [2.45, 2.75) is 37.8 Å². The SMILES string of the molecule is O=C(Nc1cc(Cl)ccc1F)C(=O)NC1CCCCC1O. The molecule has 0 spiro atoms. The van der Waals surface area contributed by atoms with Gasteiger partial charge in [-0.15, -0.1) is 0 Å². The van der Waals surface area contributed by atoms with Gasteiger partial charge in [0.15, 0.2) is 0 Å². The number of nitrogens with one attached hydrogen (secondary N) is 2. The molecule has 1 aromatic carbocycles. The fourth-order valence-electron chi connectivity index (χ4n) is 2.29. The second kappa shape index (κ2) is 6.87. The van der Waals surface area contributed by atoms with Crippen LogP contribution in [0.1, 0.15) is 25.7 Å². The van der Waals surface area contributed by atoms with E-state index in [0.29, 0.717) is 12.8 Å². The average molecular weight is 315 g/mol. The highest BCUT2D eigenvalue weighted by Crippen LogP contribution is 2.20. The summed E-state index contributed by atoms with van der Waals surface area (Å²) in [6.07, 6.45) is 2.33. The molecule has 1 fully saturated rings. The van der Waals surface area contributed by atoms with Crippen LogP contribution in [-0.4, -0.2) is 29.1 Å². The first-order chi connectivity index (χ1) is 9.97. The first-order valence-electron chi connectivity index (χ1n) is 6.72. The Kier molecular flexibility index (Phi) is 5.14. The minimum atomic E-state index is -0.992. The van der Waals surface area contributed by atoms with Crippen molar-refractivity contribution in [3.05, 3.63) is 29.0 Å². The molecule has 0 aromatic heterocycles. The molecule has 7 heteroatoms. The molecule has 0 bridgehead atoms. The van der Waals surface area contributed by atoms with Crippen molar-refractivity contribution in [3.63, 3.8) is 0 Å². The monoisotopic (exact) mass is 314 g/mol. The van der Waals surface area contributed by atoms with E-state index in [9.17, 15) is 19.1 Å². The van der Waals surface area contributed by atoms with Gasteiger partial charge in [-0.2, -0.15) is 0 Å². The van der Waals surface area contributed by atoms with Gasteiger partial charge in [0.2, 0.25) is 0 Å². The lowest BCUT2D eigenvalue weighted by Crippen LogP contribution is -2.48. The van der Waals surface area contributed by atoms with Gasteiger partial charge in [-0.3, -0.25) is 9.59 Å². The molecule has 0 radical (unpaired) electrons. The van der Waals surface area contributed by atoms with E-state index in [4.69, 9.17) is 11.6 Å². The van der Waals surface area contributed by atoms with Crippen molar-refractivity contribution >= 4 is 29.1 Å². The van der Waals surface area contributed by atoms with Gasteiger partial charge in [0.05, 0.1) is 17.8 Å². The molecule has 114 valence electrons. The van der Waals surface area contributed by atoms with Gasteiger partial charge in [-0.1, -0.05) is 24.4 Å². The number of hydrogen-bond donors (Lipinski definition) is 3. The summed E-state index contributed by atoms with van der Waals surface area (Å²) >= 11 is 5.70. The number of anilines is 1. The molecule has 2 unspecified atom stereocenters. The summed E-state index contributed by atoms with van der Waals surface area (Å²) in [6, 6.07) is 3.21. The number of aliphatic hydroxyl groups is 1. The average Bonchev–Trinajstić information content (AvgIpc) is 2.45. The number of halogens is 2. The minimum Gasteiger partial charge on any atom is -0.391 e. The molecule has 0 heterocycles. The topological polar surface area (TPSA) is 78.4 Å². The van der Waals surface area contributed by atoms with E-state index in [1.807, 2.05) is 0 Å². The molecule has 1 aliphatic carbocycles. The van der Waals surface area contributed by atoms with Gasteiger partial charge < -0.3 is 15.7 Å². The Morgan fingerprint density at radius 1 is 1.24 bits per heavy atom. The van der Waals surface area contributed by atoms with Crippen LogP contribution in [0.5, 0.6) is 0 Å². The highest BCUT2D eigenvalue weighted by Gasteiger charge is 2.27. The van der Waals surface area contributed by atoms with Gasteiger partial charge in [0.1, 0.15) is 5.82 Å². The van der Waals surface area contributed by atoms with Crippen LogP contribution in [0.15, 0.2) is 18.2 Å². The molecule has 0 aliphatic heterocycles. The molecular formula is C14H16ClFN2O3. The number of aliphatic hydroxyl groups excluding tert-OH is 1. The lowest BCUT2D eigenvalue weighted by Gasteiger charge is -2.27. The normalized spacial score (nSPS) is 21.7. The number of amides is 2. The van der Waals surface area contributed by atoms with Crippen LogP contribution in [0.2, 0.25) is 5.02 Å². The summed E-state index contributed by atoms with van der Waals surface area (Å²) in [6.45, 7) is 0. The zero-order valence-corrected chi connectivity index (χ0v) is 12.0. The van der Waals surface area contributed by atoms with Gasteiger partial charge >= 0.3 is 11.8 Å². The fourth-order valence-corrected chi connectivity index (χ4v) is 2.46. The molecule has 1 aromatic rings. The molecule has 2 rings (SSSR count). The highest BCUT2D eigenvalue weighted by molar-refractivity contribution is 6.40. The van der Waals surface area contributed by atoms with Crippen LogP contribution in [0, 0.1) is 5.82 Å². The number of rotatable bonds is 2. The van der Waals surface area contributed by atoms with Crippen LogP contribution in [0.3, 0.4) is 0 Å². The highest BCUT2D eigenvalue weighted by atomic mass is 35.5. The molecular weight excluding hydrogens is 299 g/mol. The Labute approximate surface area is 126 Å². The lowest BCUT2D eigenvalue weighted by atomic mass is 9.92. The van der Waals surface area contributed by atoms with Gasteiger partial charge in [-0.05, 0) is 31.0 Å². The standard InChI is InChI=1S/C14H16ClFN2O3/c15-8-5-6-9(16)11(7-8)18-14(21)13(20)17-10-3-1-2-4-12(10)19/h5-7,10,12,19H,1-4H2,(H,17,20)(H,18,21). The summed E-state index contributed by atoms with van der Waals surface area (Å²) in [5.74, 6) is -2.58. The lowest BCUT2D eigenvalue weighted by molar-refractivity contribution is -0.137. The number of hydrogen-bond acceptors (Lipinski definition) is 3. The first kappa shape index (κ1) is 15.7. The third-order valence-corrected chi connectivity index (χ3v) is 3.66. The van der Waals surface area contributed by atoms with E-state index < -0.39 is 29.8 Å². The molecule has 1 aliphatic rings. The van der Waals surface area contributed by atoms with Crippen molar-refractivity contribution in [2.24, 2.45) is 0 Å². The van der Waals surface area contributed by atoms with Crippen molar-refractivity contribution in [2.75, 3.05) is 5.32 Å². The quantitative estimate of drug-likeness (QED) is 0.729. The smallest absolute Gasteiger partial charge is 0.313 e. The fraction of sp³-hybridized carbons (Fsp3) is 0.429. The van der Waals surface area contributed by atoms with E-state index in [0.717, 1.165) is 18.9 Å². The van der Waals surface area contributed by atoms with Crippen LogP contribution in [-0.2, 0) is 9.59 Å². The molecule has 2 atom stereocenters. The molecule has 3 N–H and O–H groups in total. The van der Waals surface area contributed by atoms with Crippen molar-refractivity contribution in [1.82, 2.24) is 5.32 Å². The maximum absolute atomic E-state index is 13.5. The Morgan fingerprint density at radius 3 is 2.67 bits per heavy atom. The van der Waals surface area contributed by atoms with E-state index in [2.05, 4.69) is 10.6 Å². The van der Waals surface area contributed by atoms with Gasteiger partial charge in [-0.25, -0.2) is 4.39 Å². The third kappa shape index (κ3) is 4.15. The van der Waals surface area contributed by atoms with Crippen LogP contribution in [0.4, 0.5) is 10.1 Å². The zero-order chi connectivity index (χ0) is 15.4. The summed E-state index contributed by atoms with van der Waals surface area (Å²) < 4.78 is 13.5. The van der Waals surface area contributed by atoms with Gasteiger partial charge in [0.25, 0.3) is 0 Å². The maximum atomic E-state index is 13.5. The van der Waals surface area contributed by atoms with E-state index in [1.165, 1.54) is 12.1 Å². The van der Waals surface area contributed by atoms with Crippen LogP contribution >= 0.6 is 11.6 Å². The minimum absolute atomic E-state index is 0.160. The Balaban J connectivity index is 1.96. The molecule has 0 saturated heterocycles. The van der Waals surface area contributed by atoms with E-state index >= 15 is 0 Å². The largest absolute Gasteiger partial charge is 0.391 e. The molecule has 21 heavy (non-hydrogen) atoms. The van der Waals surface area contributed by atoms with E-state index in [1.54, 1.807) is 0 Å². The number of carbonyl (C=O) groups excluding carboxylic acids is 2. The Hall–Kier alpha value is -1.66. The second-order valence-corrected chi connectivity index (χ2v) is 5.45. The second-order valence-electron chi connectivity index (χ2n) is 5.01. The van der Waals surface area contributed by atoms with Gasteiger partial charge in [0, 0.05) is 5.02 Å². The number of benzene rings is 1. The number of carbonyl (C=O) groups is 2. The summed E-state index contributed by atoms with van der Waals surface area (Å²) in [4.78, 5) is 23.5. The third-order valence-electron chi connectivity index (χ3n) is 3.43. The van der Waals surface area contributed by atoms with Crippen molar-refractivity contribution in [3.8, 4) is 0 Å². The summed E-state index contributed by atoms with van der Waals surface area (Å²) in [5, 5.41) is 14.6. The summed E-state index contributed by atoms with van der Waals surface area (Å²) in [5.41, 5.74) is -0.160. The van der Waals surface area contributed by atoms with Crippen LogP contribution in [0.25, 0.3) is 0 Å². The van der Waals surface area contributed by atoms with Crippen molar-refractivity contribution < 1.29 is 19.1 Å². The van der Waals surface area contributed by atoms with Crippen molar-refractivity contribution in [1.29, 1.82) is 0 Å². The maximum Gasteiger partial charge on any atom is 0.313 e. The van der Waals surface area contributed by atoms with E-state index in [-0.39, 0.29) is 10.7 Å². The summed E-state index contributed by atoms with van der Waals surface area (Å²) in [7, 11) is 0. The Morgan fingerprint density at radius 2 is 1.95 bits per heavy atom. The predicted octanol–water partition coefficient (Wildman–Crippen LogP) is 1.84. The molecule has 5 nitrogen and oxygen atoms in total. The first-order valence-corrected chi connectivity index (χ1v) is 7.10.